The number of nitrogens with zero attached hydrogens (tertiary/aromatic N) is 2. The van der Waals surface area contributed by atoms with Crippen molar-refractivity contribution in [3.8, 4) is 0 Å². The Morgan fingerprint density at radius 3 is 2.83 bits per heavy atom. The molecule has 0 radical (unpaired) electrons. The van der Waals surface area contributed by atoms with E-state index in [9.17, 15) is 0 Å². The number of nitrogens with one attached hydrogen (secondary N) is 1. The van der Waals surface area contributed by atoms with E-state index in [-0.39, 0.29) is 0 Å². The van der Waals surface area contributed by atoms with Gasteiger partial charge in [0, 0.05) is 25.8 Å². The molecule has 0 amide bonds. The third-order valence-corrected chi connectivity index (χ3v) is 3.98. The Morgan fingerprint density at radius 1 is 1.56 bits per heavy atom. The lowest BCUT2D eigenvalue weighted by molar-refractivity contribution is 0.603. The Kier molecular flexibility index (Phi) is 4.46. The molecule has 1 aromatic rings. The molecule has 1 saturated carbocycles. The fourth-order valence-electron chi connectivity index (χ4n) is 2.18. The molecule has 0 aliphatic heterocycles. The minimum Gasteiger partial charge on any atom is -0.355 e. The summed E-state index contributed by atoms with van der Waals surface area (Å²) in [7, 11) is 2.08. The monoisotopic (exact) mass is 267 g/mol. The van der Waals surface area contributed by atoms with Gasteiger partial charge in [-0.2, -0.15) is 0 Å². The highest BCUT2D eigenvalue weighted by atomic mass is 35.5. The van der Waals surface area contributed by atoms with Crippen LogP contribution in [0.15, 0.2) is 12.3 Å². The largest absolute Gasteiger partial charge is 0.355 e. The lowest BCUT2D eigenvalue weighted by atomic mass is 10.2. The molecule has 1 N–H and O–H groups in total. The number of rotatable bonds is 6. The van der Waals surface area contributed by atoms with Crippen LogP contribution in [0.25, 0.3) is 0 Å². The molecule has 2 rings (SSSR count). The summed E-state index contributed by atoms with van der Waals surface area (Å²) in [5.74, 6) is 1.71. The van der Waals surface area contributed by atoms with Gasteiger partial charge in [0.05, 0.1) is 5.02 Å². The van der Waals surface area contributed by atoms with Crippen LogP contribution in [-0.4, -0.2) is 24.6 Å². The zero-order chi connectivity index (χ0) is 13.1. The average Bonchev–Trinajstić information content (AvgIpc) is 3.19. The molecule has 1 aromatic heterocycles. The van der Waals surface area contributed by atoms with Crippen LogP contribution in [0, 0.1) is 5.92 Å². The van der Waals surface area contributed by atoms with Crippen molar-refractivity contribution < 1.29 is 0 Å². The zero-order valence-electron chi connectivity index (χ0n) is 11.4. The van der Waals surface area contributed by atoms with Gasteiger partial charge in [0.25, 0.3) is 0 Å². The quantitative estimate of drug-likeness (QED) is 0.859. The van der Waals surface area contributed by atoms with Gasteiger partial charge >= 0.3 is 0 Å². The first kappa shape index (κ1) is 13.6. The molecule has 1 unspecified atom stereocenters. The molecule has 3 nitrogen and oxygen atoms in total. The van der Waals surface area contributed by atoms with Crippen molar-refractivity contribution in [1.82, 2.24) is 10.3 Å². The normalized spacial score (nSPS) is 16.7. The highest BCUT2D eigenvalue weighted by Gasteiger charge is 2.31. The molecule has 0 saturated heterocycles. The van der Waals surface area contributed by atoms with Crippen LogP contribution < -0.4 is 10.2 Å². The van der Waals surface area contributed by atoms with Crippen molar-refractivity contribution in [2.45, 2.75) is 39.3 Å². The predicted octanol–water partition coefficient (Wildman–Crippen LogP) is 3.08. The summed E-state index contributed by atoms with van der Waals surface area (Å²) in [5, 5.41) is 4.03. The molecule has 1 atom stereocenters. The van der Waals surface area contributed by atoms with Gasteiger partial charge in [0.1, 0.15) is 5.82 Å². The summed E-state index contributed by atoms with van der Waals surface area (Å²) in [5.41, 5.74) is 1.14. The van der Waals surface area contributed by atoms with E-state index in [0.29, 0.717) is 6.04 Å². The molecule has 1 aliphatic carbocycles. The average molecular weight is 268 g/mol. The molecular weight excluding hydrogens is 246 g/mol. The minimum absolute atomic E-state index is 0.523. The Morgan fingerprint density at radius 2 is 2.28 bits per heavy atom. The fourth-order valence-corrected chi connectivity index (χ4v) is 2.51. The van der Waals surface area contributed by atoms with Crippen LogP contribution in [0.5, 0.6) is 0 Å². The van der Waals surface area contributed by atoms with Crippen LogP contribution in [0.2, 0.25) is 5.02 Å². The standard InChI is InChI=1S/C14H22ClN3/c1-4-16-8-11-7-13(15)14(17-9-11)18(3)10(2)12-5-6-12/h7,9-10,12,16H,4-6,8H2,1-3H3. The van der Waals surface area contributed by atoms with Gasteiger partial charge in [-0.15, -0.1) is 0 Å². The molecule has 1 aliphatic rings. The van der Waals surface area contributed by atoms with Gasteiger partial charge in [-0.25, -0.2) is 4.98 Å². The highest BCUT2D eigenvalue weighted by molar-refractivity contribution is 6.33. The number of pyridine rings is 1. The van der Waals surface area contributed by atoms with E-state index in [1.165, 1.54) is 12.8 Å². The van der Waals surface area contributed by atoms with E-state index >= 15 is 0 Å². The maximum atomic E-state index is 6.34. The summed E-state index contributed by atoms with van der Waals surface area (Å²) in [6.07, 6.45) is 4.59. The van der Waals surface area contributed by atoms with E-state index in [1.807, 2.05) is 12.3 Å². The molecular formula is C14H22ClN3. The zero-order valence-corrected chi connectivity index (χ0v) is 12.2. The number of halogens is 1. The number of hydrogen-bond donors (Lipinski definition) is 1. The lowest BCUT2D eigenvalue weighted by Crippen LogP contribution is -2.31. The van der Waals surface area contributed by atoms with E-state index in [2.05, 4.69) is 36.1 Å². The Labute approximate surface area is 115 Å². The maximum Gasteiger partial charge on any atom is 0.147 e. The molecule has 1 heterocycles. The van der Waals surface area contributed by atoms with E-state index < -0.39 is 0 Å². The van der Waals surface area contributed by atoms with E-state index in [0.717, 1.165) is 35.4 Å². The fraction of sp³-hybridized carbons (Fsp3) is 0.643. The van der Waals surface area contributed by atoms with E-state index in [1.54, 1.807) is 0 Å². The summed E-state index contributed by atoms with van der Waals surface area (Å²) >= 11 is 6.34. The van der Waals surface area contributed by atoms with Crippen LogP contribution in [0.4, 0.5) is 5.82 Å². The lowest BCUT2D eigenvalue weighted by Gasteiger charge is -2.26. The van der Waals surface area contributed by atoms with Gasteiger partial charge in [0.2, 0.25) is 0 Å². The third-order valence-electron chi connectivity index (χ3n) is 3.71. The van der Waals surface area contributed by atoms with Crippen LogP contribution >= 0.6 is 11.6 Å². The predicted molar refractivity (Wildman–Crippen MR) is 77.2 cm³/mol. The molecule has 0 spiro atoms. The van der Waals surface area contributed by atoms with Crippen LogP contribution in [0.1, 0.15) is 32.3 Å². The smallest absolute Gasteiger partial charge is 0.147 e. The van der Waals surface area contributed by atoms with Crippen molar-refractivity contribution in [2.75, 3.05) is 18.5 Å². The highest BCUT2D eigenvalue weighted by Crippen LogP contribution is 2.37. The molecule has 1 fully saturated rings. The Hall–Kier alpha value is -0.800. The van der Waals surface area contributed by atoms with Gasteiger partial charge < -0.3 is 10.2 Å². The molecule has 0 bridgehead atoms. The molecule has 4 heteroatoms. The first-order valence-corrected chi connectivity index (χ1v) is 7.09. The van der Waals surface area contributed by atoms with Gasteiger partial charge in [-0.3, -0.25) is 0 Å². The van der Waals surface area contributed by atoms with Crippen molar-refractivity contribution in [2.24, 2.45) is 5.92 Å². The number of hydrogen-bond acceptors (Lipinski definition) is 3. The third kappa shape index (κ3) is 3.15. The van der Waals surface area contributed by atoms with Crippen molar-refractivity contribution in [3.05, 3.63) is 22.8 Å². The van der Waals surface area contributed by atoms with E-state index in [4.69, 9.17) is 11.6 Å². The number of anilines is 1. The first-order chi connectivity index (χ1) is 8.63. The van der Waals surface area contributed by atoms with Crippen molar-refractivity contribution in [3.63, 3.8) is 0 Å². The Balaban J connectivity index is 2.08. The maximum absolute atomic E-state index is 6.34. The topological polar surface area (TPSA) is 28.2 Å². The molecule has 18 heavy (non-hydrogen) atoms. The summed E-state index contributed by atoms with van der Waals surface area (Å²) in [4.78, 5) is 6.72. The Bertz CT molecular complexity index is 404. The number of aromatic nitrogens is 1. The van der Waals surface area contributed by atoms with Gasteiger partial charge in [-0.1, -0.05) is 18.5 Å². The van der Waals surface area contributed by atoms with Gasteiger partial charge in [-0.05, 0) is 43.9 Å². The van der Waals surface area contributed by atoms with Crippen molar-refractivity contribution in [1.29, 1.82) is 0 Å². The second kappa shape index (κ2) is 5.89. The molecule has 100 valence electrons. The van der Waals surface area contributed by atoms with Crippen molar-refractivity contribution >= 4 is 17.4 Å². The summed E-state index contributed by atoms with van der Waals surface area (Å²) in [6.45, 7) is 6.13. The SMILES string of the molecule is CCNCc1cnc(N(C)C(C)C2CC2)c(Cl)c1. The molecule has 0 aromatic carbocycles. The van der Waals surface area contributed by atoms with Gasteiger partial charge in [0.15, 0.2) is 0 Å². The summed E-state index contributed by atoms with van der Waals surface area (Å²) < 4.78 is 0. The first-order valence-electron chi connectivity index (χ1n) is 6.71. The second-order valence-electron chi connectivity index (χ2n) is 5.12. The van der Waals surface area contributed by atoms with Crippen LogP contribution in [0.3, 0.4) is 0 Å². The second-order valence-corrected chi connectivity index (χ2v) is 5.53. The summed E-state index contributed by atoms with van der Waals surface area (Å²) in [6, 6.07) is 2.54. The van der Waals surface area contributed by atoms with Crippen LogP contribution in [-0.2, 0) is 6.54 Å². The minimum atomic E-state index is 0.523.